The van der Waals surface area contributed by atoms with Gasteiger partial charge in [0.05, 0.1) is 12.0 Å². The molecule has 128 valence electrons. The lowest BCUT2D eigenvalue weighted by Crippen LogP contribution is -2.48. The lowest BCUT2D eigenvalue weighted by atomic mass is 9.73. The minimum Gasteiger partial charge on any atom is -0.381 e. The summed E-state index contributed by atoms with van der Waals surface area (Å²) in [4.78, 5) is 17.8. The van der Waals surface area contributed by atoms with Crippen LogP contribution in [0.25, 0.3) is 0 Å². The lowest BCUT2D eigenvalue weighted by molar-refractivity contribution is -0.140. The molecule has 1 aromatic carbocycles. The zero-order valence-corrected chi connectivity index (χ0v) is 16.5. The van der Waals surface area contributed by atoms with Crippen molar-refractivity contribution in [3.8, 4) is 0 Å². The van der Waals surface area contributed by atoms with E-state index in [-0.39, 0.29) is 5.91 Å². The summed E-state index contributed by atoms with van der Waals surface area (Å²) in [5.41, 5.74) is 0.619. The first kappa shape index (κ1) is 17.6. The van der Waals surface area contributed by atoms with Crippen molar-refractivity contribution in [2.45, 2.75) is 31.7 Å². The quantitative estimate of drug-likeness (QED) is 0.744. The summed E-state index contributed by atoms with van der Waals surface area (Å²) in [6.45, 7) is 4.02. The second-order valence-electron chi connectivity index (χ2n) is 6.37. The van der Waals surface area contributed by atoms with Gasteiger partial charge in [-0.05, 0) is 49.6 Å². The third-order valence-corrected chi connectivity index (χ3v) is 6.20. The van der Waals surface area contributed by atoms with Gasteiger partial charge in [0.25, 0.3) is 0 Å². The van der Waals surface area contributed by atoms with Gasteiger partial charge in [0, 0.05) is 34.5 Å². The highest BCUT2D eigenvalue weighted by Crippen LogP contribution is 2.37. The second kappa shape index (κ2) is 7.38. The molecule has 0 N–H and O–H groups in total. The number of thiophene rings is 1. The number of carbonyl (C=O) groups is 1. The maximum absolute atomic E-state index is 13.4. The van der Waals surface area contributed by atoms with Crippen LogP contribution in [-0.4, -0.2) is 31.1 Å². The molecule has 1 aliphatic heterocycles. The van der Waals surface area contributed by atoms with Crippen molar-refractivity contribution in [3.63, 3.8) is 0 Å². The average molecular weight is 408 g/mol. The molecular weight excluding hydrogens is 386 g/mol. The molecule has 2 heterocycles. The number of nitrogens with zero attached hydrogens (tertiary/aromatic N) is 1. The van der Waals surface area contributed by atoms with Crippen LogP contribution in [0, 0.1) is 6.92 Å². The van der Waals surface area contributed by atoms with Crippen LogP contribution in [0.5, 0.6) is 0 Å². The van der Waals surface area contributed by atoms with Gasteiger partial charge in [0.1, 0.15) is 0 Å². The number of hydrogen-bond acceptors (Lipinski definition) is 3. The number of carbonyl (C=O) groups excluding carboxylic acids is 1. The Kier molecular flexibility index (Phi) is 5.42. The fourth-order valence-corrected chi connectivity index (χ4v) is 4.56. The molecule has 1 saturated heterocycles. The van der Waals surface area contributed by atoms with E-state index >= 15 is 0 Å². The van der Waals surface area contributed by atoms with Gasteiger partial charge in [0.2, 0.25) is 5.91 Å². The van der Waals surface area contributed by atoms with Crippen molar-refractivity contribution in [2.24, 2.45) is 0 Å². The molecule has 3 nitrogen and oxygen atoms in total. The van der Waals surface area contributed by atoms with Gasteiger partial charge in [-0.15, -0.1) is 11.3 Å². The minimum absolute atomic E-state index is 0.194. The van der Waals surface area contributed by atoms with E-state index in [9.17, 15) is 4.79 Å². The zero-order chi connectivity index (χ0) is 17.2. The molecule has 1 amide bonds. The molecule has 0 bridgehead atoms. The summed E-state index contributed by atoms with van der Waals surface area (Å²) in [7, 11) is 1.91. The fraction of sp³-hybridized carbons (Fsp3) is 0.421. The van der Waals surface area contributed by atoms with E-state index in [1.165, 1.54) is 9.75 Å². The second-order valence-corrected chi connectivity index (χ2v) is 8.66. The Hall–Kier alpha value is -1.17. The van der Waals surface area contributed by atoms with Gasteiger partial charge in [-0.1, -0.05) is 28.1 Å². The molecule has 5 heteroatoms. The van der Waals surface area contributed by atoms with E-state index in [2.05, 4.69) is 47.1 Å². The Bertz CT molecular complexity index is 704. The first-order chi connectivity index (χ1) is 11.5. The Morgan fingerprint density at radius 1 is 1.21 bits per heavy atom. The number of benzene rings is 1. The third kappa shape index (κ3) is 3.58. The SMILES string of the molecule is Cc1ccc(CN(C)C(=O)C2(c3ccc(Br)cc3)CCOCC2)s1. The van der Waals surface area contributed by atoms with Gasteiger partial charge in [-0.25, -0.2) is 0 Å². The predicted octanol–water partition coefficient (Wildman–Crippen LogP) is 4.53. The number of likely N-dealkylation sites (N-methyl/N-ethyl adjacent to an activating group) is 1. The van der Waals surface area contributed by atoms with Crippen LogP contribution >= 0.6 is 27.3 Å². The van der Waals surface area contributed by atoms with Crippen LogP contribution in [0.1, 0.15) is 28.2 Å². The van der Waals surface area contributed by atoms with Crippen molar-refractivity contribution < 1.29 is 9.53 Å². The Morgan fingerprint density at radius 2 is 1.88 bits per heavy atom. The first-order valence-electron chi connectivity index (χ1n) is 8.16. The summed E-state index contributed by atoms with van der Waals surface area (Å²) >= 11 is 5.23. The van der Waals surface area contributed by atoms with Gasteiger partial charge in [0.15, 0.2) is 0 Å². The summed E-state index contributed by atoms with van der Waals surface area (Å²) in [5.74, 6) is 0.194. The Balaban J connectivity index is 1.87. The monoisotopic (exact) mass is 407 g/mol. The molecule has 0 spiro atoms. The first-order valence-corrected chi connectivity index (χ1v) is 9.77. The van der Waals surface area contributed by atoms with Gasteiger partial charge in [-0.2, -0.15) is 0 Å². The number of hydrogen-bond donors (Lipinski definition) is 0. The number of aryl methyl sites for hydroxylation is 1. The molecule has 1 fully saturated rings. The lowest BCUT2D eigenvalue weighted by Gasteiger charge is -2.39. The van der Waals surface area contributed by atoms with E-state index in [0.717, 1.165) is 22.9 Å². The van der Waals surface area contributed by atoms with Crippen LogP contribution in [-0.2, 0) is 21.5 Å². The van der Waals surface area contributed by atoms with Crippen LogP contribution in [0.4, 0.5) is 0 Å². The molecule has 0 aliphatic carbocycles. The summed E-state index contributed by atoms with van der Waals surface area (Å²) in [6.07, 6.45) is 1.47. The summed E-state index contributed by atoms with van der Waals surface area (Å²) < 4.78 is 6.57. The molecule has 0 atom stereocenters. The van der Waals surface area contributed by atoms with Gasteiger partial charge >= 0.3 is 0 Å². The highest BCUT2D eigenvalue weighted by atomic mass is 79.9. The highest BCUT2D eigenvalue weighted by molar-refractivity contribution is 9.10. The molecule has 0 unspecified atom stereocenters. The topological polar surface area (TPSA) is 29.5 Å². The third-order valence-electron chi connectivity index (χ3n) is 4.69. The number of rotatable bonds is 4. The van der Waals surface area contributed by atoms with Crippen molar-refractivity contribution in [1.82, 2.24) is 4.90 Å². The molecule has 24 heavy (non-hydrogen) atoms. The maximum atomic E-state index is 13.4. The maximum Gasteiger partial charge on any atom is 0.233 e. The van der Waals surface area contributed by atoms with E-state index in [1.807, 2.05) is 24.1 Å². The smallest absolute Gasteiger partial charge is 0.233 e. The number of ether oxygens (including phenoxy) is 1. The Morgan fingerprint density at radius 3 is 2.46 bits per heavy atom. The van der Waals surface area contributed by atoms with Crippen molar-refractivity contribution in [1.29, 1.82) is 0 Å². The number of halogens is 1. The van der Waals surface area contributed by atoms with E-state index in [4.69, 9.17) is 4.74 Å². The molecule has 1 aliphatic rings. The molecule has 2 aromatic rings. The molecule has 0 radical (unpaired) electrons. The van der Waals surface area contributed by atoms with E-state index in [0.29, 0.717) is 19.8 Å². The molecular formula is C19H22BrNO2S. The zero-order valence-electron chi connectivity index (χ0n) is 14.0. The van der Waals surface area contributed by atoms with Crippen LogP contribution in [0.15, 0.2) is 40.9 Å². The van der Waals surface area contributed by atoms with Gasteiger partial charge in [-0.3, -0.25) is 4.79 Å². The summed E-state index contributed by atoms with van der Waals surface area (Å²) in [6, 6.07) is 12.4. The molecule has 3 rings (SSSR count). The molecule has 1 aromatic heterocycles. The van der Waals surface area contributed by atoms with Crippen molar-refractivity contribution >= 4 is 33.2 Å². The van der Waals surface area contributed by atoms with Crippen LogP contribution in [0.3, 0.4) is 0 Å². The van der Waals surface area contributed by atoms with E-state index < -0.39 is 5.41 Å². The largest absolute Gasteiger partial charge is 0.381 e. The van der Waals surface area contributed by atoms with Crippen LogP contribution < -0.4 is 0 Å². The van der Waals surface area contributed by atoms with Crippen LogP contribution in [0.2, 0.25) is 0 Å². The van der Waals surface area contributed by atoms with E-state index in [1.54, 1.807) is 11.3 Å². The predicted molar refractivity (Wildman–Crippen MR) is 101 cm³/mol. The highest BCUT2D eigenvalue weighted by Gasteiger charge is 2.43. The number of amides is 1. The standard InChI is InChI=1S/C19H22BrNO2S/c1-14-3-8-17(24-14)13-21(2)18(22)19(9-11-23-12-10-19)15-4-6-16(20)7-5-15/h3-8H,9-13H2,1-2H3. The fourth-order valence-electron chi connectivity index (χ4n) is 3.36. The minimum atomic E-state index is -0.472. The van der Waals surface area contributed by atoms with Crippen molar-refractivity contribution in [2.75, 3.05) is 20.3 Å². The summed E-state index contributed by atoms with van der Waals surface area (Å²) in [5, 5.41) is 0. The Labute approximate surface area is 155 Å². The van der Waals surface area contributed by atoms with Gasteiger partial charge < -0.3 is 9.64 Å². The average Bonchev–Trinajstić information content (AvgIpc) is 3.00. The molecule has 0 saturated carbocycles. The normalized spacial score (nSPS) is 16.8. The van der Waals surface area contributed by atoms with Crippen molar-refractivity contribution in [3.05, 3.63) is 56.2 Å².